The third kappa shape index (κ3) is 3.28. The topological polar surface area (TPSA) is 22.1 Å². The Labute approximate surface area is 123 Å². The maximum atomic E-state index is 6.10. The van der Waals surface area contributed by atoms with Gasteiger partial charge in [0.2, 0.25) is 0 Å². The van der Waals surface area contributed by atoms with Crippen molar-refractivity contribution in [2.45, 2.75) is 33.1 Å². The van der Waals surface area contributed by atoms with Crippen molar-refractivity contribution in [3.63, 3.8) is 0 Å². The van der Waals surface area contributed by atoms with E-state index >= 15 is 0 Å². The fourth-order valence-electron chi connectivity index (χ4n) is 1.68. The van der Waals surface area contributed by atoms with E-state index in [2.05, 4.69) is 26.2 Å². The Kier molecular flexibility index (Phi) is 4.16. The highest BCUT2D eigenvalue weighted by molar-refractivity contribution is 7.10. The first-order valence-corrected chi connectivity index (χ1v) is 7.56. The summed E-state index contributed by atoms with van der Waals surface area (Å²) in [6, 6.07) is 5.79. The molecule has 19 heavy (non-hydrogen) atoms. The van der Waals surface area contributed by atoms with Crippen molar-refractivity contribution < 1.29 is 4.74 Å². The maximum absolute atomic E-state index is 6.10. The van der Waals surface area contributed by atoms with Crippen LogP contribution in [0.1, 0.15) is 32.7 Å². The van der Waals surface area contributed by atoms with Gasteiger partial charge in [0.25, 0.3) is 0 Å². The molecule has 2 rings (SSSR count). The summed E-state index contributed by atoms with van der Waals surface area (Å²) in [5.41, 5.74) is 2.10. The summed E-state index contributed by atoms with van der Waals surface area (Å²) in [5, 5.41) is 3.85. The number of aromatic nitrogens is 1. The molecule has 0 amide bonds. The molecule has 0 bridgehead atoms. The quantitative estimate of drug-likeness (QED) is 0.780. The van der Waals surface area contributed by atoms with Gasteiger partial charge in [-0.15, -0.1) is 11.3 Å². The van der Waals surface area contributed by atoms with Gasteiger partial charge < -0.3 is 4.74 Å². The van der Waals surface area contributed by atoms with E-state index in [0.717, 1.165) is 16.3 Å². The second-order valence-corrected chi connectivity index (χ2v) is 6.63. The zero-order valence-electron chi connectivity index (χ0n) is 11.7. The lowest BCUT2D eigenvalue weighted by Crippen LogP contribution is -2.10. The zero-order chi connectivity index (χ0) is 14.0. The van der Waals surface area contributed by atoms with Gasteiger partial charge in [0.1, 0.15) is 5.75 Å². The molecule has 0 N–H and O–H groups in total. The molecule has 0 saturated carbocycles. The van der Waals surface area contributed by atoms with E-state index in [1.54, 1.807) is 11.3 Å². The van der Waals surface area contributed by atoms with Crippen LogP contribution in [0.25, 0.3) is 11.3 Å². The minimum absolute atomic E-state index is 0.0814. The largest absolute Gasteiger partial charge is 0.492 e. The van der Waals surface area contributed by atoms with Crippen LogP contribution in [0.5, 0.6) is 5.75 Å². The lowest BCUT2D eigenvalue weighted by Gasteiger charge is -2.13. The number of ether oxygens (including phenoxy) is 1. The van der Waals surface area contributed by atoms with E-state index in [0.29, 0.717) is 17.4 Å². The Hall–Kier alpha value is -1.06. The Morgan fingerprint density at radius 3 is 2.63 bits per heavy atom. The van der Waals surface area contributed by atoms with Crippen LogP contribution in [0.2, 0.25) is 5.02 Å². The minimum Gasteiger partial charge on any atom is -0.492 e. The van der Waals surface area contributed by atoms with Crippen molar-refractivity contribution in [2.24, 2.45) is 0 Å². The van der Waals surface area contributed by atoms with E-state index in [4.69, 9.17) is 21.3 Å². The SMILES string of the molecule is CCOc1cc(-c2csc(C(C)(C)C)n2)ccc1Cl. The molecule has 0 saturated heterocycles. The van der Waals surface area contributed by atoms with Crippen LogP contribution in [0.3, 0.4) is 0 Å². The Morgan fingerprint density at radius 1 is 1.32 bits per heavy atom. The van der Waals surface area contributed by atoms with Gasteiger partial charge in [0, 0.05) is 16.4 Å². The van der Waals surface area contributed by atoms with Gasteiger partial charge in [-0.25, -0.2) is 4.98 Å². The lowest BCUT2D eigenvalue weighted by molar-refractivity contribution is 0.340. The number of rotatable bonds is 3. The third-order valence-corrected chi connectivity index (χ3v) is 4.25. The maximum Gasteiger partial charge on any atom is 0.138 e. The van der Waals surface area contributed by atoms with Crippen LogP contribution < -0.4 is 4.74 Å². The normalized spacial score (nSPS) is 11.6. The molecule has 0 fully saturated rings. The molecule has 0 aliphatic rings. The summed E-state index contributed by atoms with van der Waals surface area (Å²) in [7, 11) is 0. The fourth-order valence-corrected chi connectivity index (χ4v) is 2.77. The molecule has 0 radical (unpaired) electrons. The first-order chi connectivity index (χ1) is 8.91. The lowest BCUT2D eigenvalue weighted by atomic mass is 9.98. The smallest absolute Gasteiger partial charge is 0.138 e. The minimum atomic E-state index is 0.0814. The Bertz CT molecular complexity index is 572. The second kappa shape index (κ2) is 5.51. The monoisotopic (exact) mass is 295 g/mol. The molecular weight excluding hydrogens is 278 g/mol. The highest BCUT2D eigenvalue weighted by Gasteiger charge is 2.18. The van der Waals surface area contributed by atoms with Crippen molar-refractivity contribution in [3.8, 4) is 17.0 Å². The summed E-state index contributed by atoms with van der Waals surface area (Å²) in [4.78, 5) is 4.70. The Morgan fingerprint density at radius 2 is 2.05 bits per heavy atom. The first kappa shape index (κ1) is 14.4. The van der Waals surface area contributed by atoms with Crippen LogP contribution in [-0.2, 0) is 5.41 Å². The molecule has 1 heterocycles. The average Bonchev–Trinajstić information content (AvgIpc) is 2.81. The molecule has 0 atom stereocenters. The molecule has 0 aliphatic heterocycles. The number of nitrogens with zero attached hydrogens (tertiary/aromatic N) is 1. The van der Waals surface area contributed by atoms with Crippen molar-refractivity contribution in [2.75, 3.05) is 6.61 Å². The molecule has 0 spiro atoms. The molecule has 102 valence electrons. The van der Waals surface area contributed by atoms with Gasteiger partial charge in [-0.2, -0.15) is 0 Å². The van der Waals surface area contributed by atoms with Crippen LogP contribution >= 0.6 is 22.9 Å². The van der Waals surface area contributed by atoms with Gasteiger partial charge >= 0.3 is 0 Å². The molecule has 1 aromatic heterocycles. The predicted octanol–water partition coefficient (Wildman–Crippen LogP) is 5.16. The van der Waals surface area contributed by atoms with Gasteiger partial charge in [-0.05, 0) is 19.1 Å². The standard InChI is InChI=1S/C15H18ClNOS/c1-5-18-13-8-10(6-7-11(13)16)12-9-19-14(17-12)15(2,3)4/h6-9H,5H2,1-4H3. The van der Waals surface area contributed by atoms with Gasteiger partial charge in [-0.1, -0.05) is 38.4 Å². The van der Waals surface area contributed by atoms with E-state index in [-0.39, 0.29) is 5.41 Å². The highest BCUT2D eigenvalue weighted by atomic mass is 35.5. The molecule has 0 aliphatic carbocycles. The van der Waals surface area contributed by atoms with Gasteiger partial charge in [-0.3, -0.25) is 0 Å². The molecule has 0 unspecified atom stereocenters. The first-order valence-electron chi connectivity index (χ1n) is 6.30. The van der Waals surface area contributed by atoms with E-state index in [9.17, 15) is 0 Å². The zero-order valence-corrected chi connectivity index (χ0v) is 13.2. The summed E-state index contributed by atoms with van der Waals surface area (Å²) < 4.78 is 5.52. The second-order valence-electron chi connectivity index (χ2n) is 5.37. The molecule has 1 aromatic carbocycles. The highest BCUT2D eigenvalue weighted by Crippen LogP contribution is 2.33. The summed E-state index contributed by atoms with van der Waals surface area (Å²) in [6.45, 7) is 9.06. The summed E-state index contributed by atoms with van der Waals surface area (Å²) >= 11 is 7.79. The number of hydrogen-bond donors (Lipinski definition) is 0. The summed E-state index contributed by atoms with van der Waals surface area (Å²) in [5.74, 6) is 0.715. The van der Waals surface area contributed by atoms with E-state index < -0.39 is 0 Å². The van der Waals surface area contributed by atoms with Crippen molar-refractivity contribution in [1.29, 1.82) is 0 Å². The third-order valence-electron chi connectivity index (χ3n) is 2.67. The van der Waals surface area contributed by atoms with E-state index in [1.165, 1.54) is 0 Å². The van der Waals surface area contributed by atoms with Gasteiger partial charge in [0.15, 0.2) is 0 Å². The van der Waals surface area contributed by atoms with Crippen LogP contribution in [0, 0.1) is 0 Å². The average molecular weight is 296 g/mol. The van der Waals surface area contributed by atoms with Crippen molar-refractivity contribution >= 4 is 22.9 Å². The number of hydrogen-bond acceptors (Lipinski definition) is 3. The molecule has 2 aromatic rings. The van der Waals surface area contributed by atoms with E-state index in [1.807, 2.05) is 25.1 Å². The number of benzene rings is 1. The van der Waals surface area contributed by atoms with Crippen LogP contribution in [-0.4, -0.2) is 11.6 Å². The number of thiazole rings is 1. The fraction of sp³-hybridized carbons (Fsp3) is 0.400. The predicted molar refractivity (Wildman–Crippen MR) is 82.4 cm³/mol. The van der Waals surface area contributed by atoms with Crippen molar-refractivity contribution in [3.05, 3.63) is 33.6 Å². The molecule has 2 nitrogen and oxygen atoms in total. The van der Waals surface area contributed by atoms with Crippen LogP contribution in [0.4, 0.5) is 0 Å². The molecular formula is C15H18ClNOS. The van der Waals surface area contributed by atoms with Crippen molar-refractivity contribution in [1.82, 2.24) is 4.98 Å². The summed E-state index contributed by atoms with van der Waals surface area (Å²) in [6.07, 6.45) is 0. The Balaban J connectivity index is 2.36. The number of halogens is 1. The van der Waals surface area contributed by atoms with Crippen LogP contribution in [0.15, 0.2) is 23.6 Å². The molecule has 4 heteroatoms. The van der Waals surface area contributed by atoms with Gasteiger partial charge in [0.05, 0.1) is 22.3 Å².